The Hall–Kier alpha value is -2.60. The molecule has 0 N–H and O–H groups in total. The molecule has 0 saturated heterocycles. The van der Waals surface area contributed by atoms with Gasteiger partial charge in [0.25, 0.3) is 0 Å². The zero-order valence-corrected chi connectivity index (χ0v) is 11.5. The van der Waals surface area contributed by atoms with Crippen LogP contribution in [0.15, 0.2) is 48.5 Å². The molecule has 0 radical (unpaired) electrons. The van der Waals surface area contributed by atoms with Crippen LogP contribution < -0.4 is 4.74 Å². The van der Waals surface area contributed by atoms with E-state index >= 15 is 0 Å². The summed E-state index contributed by atoms with van der Waals surface area (Å²) in [7, 11) is 1.53. The van der Waals surface area contributed by atoms with Crippen LogP contribution in [0.5, 0.6) is 5.75 Å². The van der Waals surface area contributed by atoms with Crippen molar-refractivity contribution >= 4 is 5.78 Å². The first-order chi connectivity index (χ1) is 9.67. The minimum absolute atomic E-state index is 0.211. The lowest BCUT2D eigenvalue weighted by atomic mass is 9.91. The summed E-state index contributed by atoms with van der Waals surface area (Å²) in [6.45, 7) is 1.95. The SMILES string of the molecule is COc1ccccc1C(C#N)C(=O)c1ccc(C)cc1. The van der Waals surface area contributed by atoms with Crippen molar-refractivity contribution in [3.8, 4) is 11.8 Å². The molecule has 0 aliphatic heterocycles. The highest BCUT2D eigenvalue weighted by atomic mass is 16.5. The molecule has 1 unspecified atom stereocenters. The highest BCUT2D eigenvalue weighted by molar-refractivity contribution is 6.03. The maximum absolute atomic E-state index is 12.5. The Kier molecular flexibility index (Phi) is 4.17. The monoisotopic (exact) mass is 265 g/mol. The second-order valence-electron chi connectivity index (χ2n) is 4.53. The van der Waals surface area contributed by atoms with Crippen molar-refractivity contribution < 1.29 is 9.53 Å². The van der Waals surface area contributed by atoms with Crippen molar-refractivity contribution in [2.75, 3.05) is 7.11 Å². The molecule has 3 nitrogen and oxygen atoms in total. The fourth-order valence-electron chi connectivity index (χ4n) is 2.06. The Morgan fingerprint density at radius 3 is 2.40 bits per heavy atom. The Balaban J connectivity index is 2.40. The van der Waals surface area contributed by atoms with Gasteiger partial charge in [-0.05, 0) is 13.0 Å². The first-order valence-corrected chi connectivity index (χ1v) is 6.30. The quantitative estimate of drug-likeness (QED) is 0.795. The van der Waals surface area contributed by atoms with Crippen LogP contribution in [0, 0.1) is 18.3 Å². The van der Waals surface area contributed by atoms with Crippen molar-refractivity contribution in [2.45, 2.75) is 12.8 Å². The van der Waals surface area contributed by atoms with Gasteiger partial charge in [0.15, 0.2) is 5.78 Å². The molecule has 0 amide bonds. The molecule has 2 rings (SSSR count). The van der Waals surface area contributed by atoms with Gasteiger partial charge in [0.05, 0.1) is 13.2 Å². The van der Waals surface area contributed by atoms with E-state index in [1.54, 1.807) is 30.3 Å². The number of aryl methyl sites for hydroxylation is 1. The summed E-state index contributed by atoms with van der Waals surface area (Å²) in [6.07, 6.45) is 0. The summed E-state index contributed by atoms with van der Waals surface area (Å²) in [5.41, 5.74) is 2.21. The van der Waals surface area contributed by atoms with Crippen LogP contribution >= 0.6 is 0 Å². The van der Waals surface area contributed by atoms with Crippen molar-refractivity contribution in [1.82, 2.24) is 0 Å². The third-order valence-electron chi connectivity index (χ3n) is 3.18. The Morgan fingerprint density at radius 2 is 1.80 bits per heavy atom. The number of hydrogen-bond donors (Lipinski definition) is 0. The Bertz CT molecular complexity index is 653. The number of para-hydroxylation sites is 1. The summed E-state index contributed by atoms with van der Waals surface area (Å²) in [4.78, 5) is 12.5. The lowest BCUT2D eigenvalue weighted by molar-refractivity contribution is 0.0978. The van der Waals surface area contributed by atoms with Gasteiger partial charge in [-0.15, -0.1) is 0 Å². The molecular weight excluding hydrogens is 250 g/mol. The van der Waals surface area contributed by atoms with Crippen LogP contribution in [0.1, 0.15) is 27.4 Å². The molecule has 0 aliphatic rings. The summed E-state index contributed by atoms with van der Waals surface area (Å²) >= 11 is 0. The van der Waals surface area contributed by atoms with Crippen molar-refractivity contribution in [2.24, 2.45) is 0 Å². The largest absolute Gasteiger partial charge is 0.496 e. The van der Waals surface area contributed by atoms with E-state index in [9.17, 15) is 10.1 Å². The van der Waals surface area contributed by atoms with E-state index in [0.717, 1.165) is 5.56 Å². The molecule has 0 heterocycles. The molecule has 2 aromatic carbocycles. The Morgan fingerprint density at radius 1 is 1.15 bits per heavy atom. The van der Waals surface area contributed by atoms with Crippen LogP contribution in [-0.4, -0.2) is 12.9 Å². The van der Waals surface area contributed by atoms with Crippen molar-refractivity contribution in [1.29, 1.82) is 5.26 Å². The molecule has 0 aliphatic carbocycles. The van der Waals surface area contributed by atoms with Crippen LogP contribution in [-0.2, 0) is 0 Å². The third-order valence-corrected chi connectivity index (χ3v) is 3.18. The molecule has 3 heteroatoms. The van der Waals surface area contributed by atoms with E-state index in [1.165, 1.54) is 7.11 Å². The van der Waals surface area contributed by atoms with Gasteiger partial charge in [0.1, 0.15) is 11.7 Å². The molecule has 100 valence electrons. The molecule has 0 spiro atoms. The Labute approximate surface area is 118 Å². The number of Topliss-reactive ketones (excluding diaryl/α,β-unsaturated/α-hetero) is 1. The number of rotatable bonds is 4. The number of nitrogens with zero attached hydrogens (tertiary/aromatic N) is 1. The van der Waals surface area contributed by atoms with E-state index < -0.39 is 5.92 Å². The lowest BCUT2D eigenvalue weighted by Gasteiger charge is -2.12. The number of ketones is 1. The molecule has 0 saturated carbocycles. The summed E-state index contributed by atoms with van der Waals surface area (Å²) in [5.74, 6) is -0.509. The van der Waals surface area contributed by atoms with E-state index in [0.29, 0.717) is 16.9 Å². The maximum atomic E-state index is 12.5. The predicted molar refractivity (Wildman–Crippen MR) is 76.9 cm³/mol. The van der Waals surface area contributed by atoms with Gasteiger partial charge in [-0.3, -0.25) is 4.79 Å². The zero-order chi connectivity index (χ0) is 14.5. The summed E-state index contributed by atoms with van der Waals surface area (Å²) < 4.78 is 5.23. The predicted octanol–water partition coefficient (Wildman–Crippen LogP) is 3.49. The second kappa shape index (κ2) is 6.03. The average Bonchev–Trinajstić information content (AvgIpc) is 2.49. The molecule has 2 aromatic rings. The molecule has 0 aromatic heterocycles. The van der Waals surface area contributed by atoms with Crippen LogP contribution in [0.25, 0.3) is 0 Å². The normalized spacial score (nSPS) is 11.4. The van der Waals surface area contributed by atoms with Gasteiger partial charge in [-0.2, -0.15) is 5.26 Å². The zero-order valence-electron chi connectivity index (χ0n) is 11.5. The van der Waals surface area contributed by atoms with Gasteiger partial charge in [-0.25, -0.2) is 0 Å². The van der Waals surface area contributed by atoms with Gasteiger partial charge < -0.3 is 4.74 Å². The number of nitriles is 1. The number of ether oxygens (including phenoxy) is 1. The van der Waals surface area contributed by atoms with E-state index in [1.807, 2.05) is 25.1 Å². The topological polar surface area (TPSA) is 50.1 Å². The standard InChI is InChI=1S/C17H15NO2/c1-12-7-9-13(10-8-12)17(19)15(11-18)14-5-3-4-6-16(14)20-2/h3-10,15H,1-2H3. The van der Waals surface area contributed by atoms with Gasteiger partial charge in [0, 0.05) is 11.1 Å². The number of carbonyl (C=O) groups excluding carboxylic acids is 1. The fraction of sp³-hybridized carbons (Fsp3) is 0.176. The fourth-order valence-corrected chi connectivity index (χ4v) is 2.06. The maximum Gasteiger partial charge on any atom is 0.184 e. The smallest absolute Gasteiger partial charge is 0.184 e. The van der Waals surface area contributed by atoms with Crippen LogP contribution in [0.3, 0.4) is 0 Å². The van der Waals surface area contributed by atoms with Gasteiger partial charge in [-0.1, -0.05) is 48.0 Å². The minimum Gasteiger partial charge on any atom is -0.496 e. The highest BCUT2D eigenvalue weighted by Crippen LogP contribution is 2.28. The van der Waals surface area contributed by atoms with E-state index in [2.05, 4.69) is 6.07 Å². The highest BCUT2D eigenvalue weighted by Gasteiger charge is 2.24. The van der Waals surface area contributed by atoms with Crippen molar-refractivity contribution in [3.63, 3.8) is 0 Å². The summed E-state index contributed by atoms with van der Waals surface area (Å²) in [5, 5.41) is 9.36. The summed E-state index contributed by atoms with van der Waals surface area (Å²) in [6, 6.07) is 16.4. The molecule has 1 atom stereocenters. The van der Waals surface area contributed by atoms with Crippen LogP contribution in [0.4, 0.5) is 0 Å². The first-order valence-electron chi connectivity index (χ1n) is 6.30. The van der Waals surface area contributed by atoms with E-state index in [-0.39, 0.29) is 5.78 Å². The number of carbonyl (C=O) groups is 1. The van der Waals surface area contributed by atoms with Gasteiger partial charge >= 0.3 is 0 Å². The molecule has 0 fully saturated rings. The second-order valence-corrected chi connectivity index (χ2v) is 4.53. The molecule has 20 heavy (non-hydrogen) atoms. The minimum atomic E-state index is -0.853. The molecular formula is C17H15NO2. The lowest BCUT2D eigenvalue weighted by Crippen LogP contribution is -2.12. The molecule has 0 bridgehead atoms. The van der Waals surface area contributed by atoms with E-state index in [4.69, 9.17) is 4.74 Å². The number of methoxy groups -OCH3 is 1. The number of benzene rings is 2. The van der Waals surface area contributed by atoms with Crippen LogP contribution in [0.2, 0.25) is 0 Å². The third kappa shape index (κ3) is 2.70. The number of hydrogen-bond acceptors (Lipinski definition) is 3. The average molecular weight is 265 g/mol. The first kappa shape index (κ1) is 13.8. The van der Waals surface area contributed by atoms with Crippen molar-refractivity contribution in [3.05, 3.63) is 65.2 Å². The van der Waals surface area contributed by atoms with Gasteiger partial charge in [0.2, 0.25) is 0 Å².